The molecule has 1 heterocycles. The Bertz CT molecular complexity index is 1360. The van der Waals surface area contributed by atoms with Gasteiger partial charge in [0.25, 0.3) is 5.91 Å². The smallest absolute Gasteiger partial charge is 0.305 e. The van der Waals surface area contributed by atoms with E-state index in [2.05, 4.69) is 26.3 Å². The number of aliphatic carboxylic acids is 1. The van der Waals surface area contributed by atoms with E-state index >= 15 is 0 Å². The Balaban J connectivity index is 2.51. The predicted octanol–water partition coefficient (Wildman–Crippen LogP) is -2.11. The summed E-state index contributed by atoms with van der Waals surface area (Å²) in [6, 6.07) is 2.89. The van der Waals surface area contributed by atoms with Crippen LogP contribution in [0, 0.1) is 0 Å². The van der Waals surface area contributed by atoms with Gasteiger partial charge < -0.3 is 48.5 Å². The lowest BCUT2D eigenvalue weighted by Crippen LogP contribution is -2.59. The van der Waals surface area contributed by atoms with E-state index in [9.17, 15) is 38.7 Å². The van der Waals surface area contributed by atoms with Gasteiger partial charge in [-0.1, -0.05) is 39.8 Å². The van der Waals surface area contributed by atoms with Gasteiger partial charge in [0, 0.05) is 29.7 Å². The van der Waals surface area contributed by atoms with Crippen molar-refractivity contribution in [2.45, 2.75) is 62.0 Å². The lowest BCUT2D eigenvalue weighted by molar-refractivity contribution is -0.141. The van der Waals surface area contributed by atoms with Crippen molar-refractivity contribution in [1.29, 1.82) is 0 Å². The summed E-state index contributed by atoms with van der Waals surface area (Å²) in [5.41, 5.74) is 16.7. The van der Waals surface area contributed by atoms with Crippen molar-refractivity contribution in [3.05, 3.63) is 35.9 Å². The van der Waals surface area contributed by atoms with Gasteiger partial charge >= 0.3 is 5.97 Å². The van der Waals surface area contributed by atoms with Gasteiger partial charge in [0.2, 0.25) is 29.5 Å². The molecule has 19 heteroatoms. The Morgan fingerprint density at radius 3 is 2.32 bits per heavy atom. The summed E-state index contributed by atoms with van der Waals surface area (Å²) >= 11 is 0. The fraction of sp³-hybridized carbons (Fsp3) is 0.500. The molecule has 258 valence electrons. The molecule has 0 spiro atoms. The molecule has 0 unspecified atom stereocenters. The second-order valence-electron chi connectivity index (χ2n) is 11.1. The molecular weight excluding hydrogens is 654 g/mol. The number of rotatable bonds is 9. The quantitative estimate of drug-likeness (QED) is 0.0596. The molecule has 0 aromatic heterocycles. The van der Waals surface area contributed by atoms with Crippen LogP contribution in [0.25, 0.3) is 0 Å². The normalized spacial score (nSPS) is 22.9. The number of primary amides is 1. The summed E-state index contributed by atoms with van der Waals surface area (Å²) in [6.07, 6.45) is -0.507. The molecule has 17 nitrogen and oxygen atoms in total. The average Bonchev–Trinajstić information content (AvgIpc) is 3.00. The highest BCUT2D eigenvalue weighted by atomic mass is 33.1. The van der Waals surface area contributed by atoms with Crippen LogP contribution in [0.1, 0.15) is 43.5 Å². The van der Waals surface area contributed by atoms with E-state index in [1.807, 2.05) is 0 Å². The molecular formula is C28H41N9O8S2. The van der Waals surface area contributed by atoms with Crippen LogP contribution in [-0.4, -0.2) is 112 Å². The topological polar surface area (TPSA) is 282 Å². The Morgan fingerprint density at radius 2 is 1.72 bits per heavy atom. The van der Waals surface area contributed by atoms with Gasteiger partial charge in [-0.05, 0) is 38.8 Å². The van der Waals surface area contributed by atoms with Gasteiger partial charge in [-0.2, -0.15) is 0 Å². The molecule has 1 fully saturated rings. The van der Waals surface area contributed by atoms with Crippen LogP contribution >= 0.6 is 21.6 Å². The first-order valence-electron chi connectivity index (χ1n) is 14.4. The zero-order valence-corrected chi connectivity index (χ0v) is 27.8. The number of hydrogen-bond acceptors (Lipinski definition) is 10. The Labute approximate surface area is 279 Å². The Hall–Kier alpha value is -4.52. The fourth-order valence-corrected chi connectivity index (χ4v) is 7.26. The second kappa shape index (κ2) is 18.0. The summed E-state index contributed by atoms with van der Waals surface area (Å²) < 4.78 is -1.13. The molecule has 0 bridgehead atoms. The number of nitrogens with two attached hydrogens (primary N) is 3. The molecule has 1 aromatic carbocycles. The number of carbonyl (C=O) groups is 7. The van der Waals surface area contributed by atoms with Crippen molar-refractivity contribution in [2.75, 3.05) is 25.9 Å². The summed E-state index contributed by atoms with van der Waals surface area (Å²) in [6.45, 7) is 2.65. The van der Waals surface area contributed by atoms with Crippen LogP contribution in [0.5, 0.6) is 0 Å². The van der Waals surface area contributed by atoms with Crippen LogP contribution in [0.3, 0.4) is 0 Å². The third-order valence-electron chi connectivity index (χ3n) is 6.92. The zero-order valence-electron chi connectivity index (χ0n) is 26.2. The minimum Gasteiger partial charge on any atom is -0.481 e. The molecule has 4 atom stereocenters. The van der Waals surface area contributed by atoms with Crippen molar-refractivity contribution in [1.82, 2.24) is 26.2 Å². The van der Waals surface area contributed by atoms with Gasteiger partial charge in [-0.15, -0.1) is 0 Å². The third-order valence-corrected chi connectivity index (χ3v) is 10.2. The molecule has 0 aliphatic carbocycles. The highest BCUT2D eigenvalue weighted by Crippen LogP contribution is 2.38. The Morgan fingerprint density at radius 1 is 1.06 bits per heavy atom. The van der Waals surface area contributed by atoms with Gasteiger partial charge in [-0.3, -0.25) is 38.6 Å². The number of benzene rings is 1. The third kappa shape index (κ3) is 12.3. The Kier molecular flexibility index (Phi) is 14.8. The van der Waals surface area contributed by atoms with E-state index < -0.39 is 83.3 Å². The first-order chi connectivity index (χ1) is 22.0. The first-order valence-corrected chi connectivity index (χ1v) is 16.7. The maximum absolute atomic E-state index is 13.9. The van der Waals surface area contributed by atoms with Crippen molar-refractivity contribution in [3.8, 4) is 0 Å². The summed E-state index contributed by atoms with van der Waals surface area (Å²) in [5.74, 6) is -6.37. The van der Waals surface area contributed by atoms with Gasteiger partial charge in [-0.25, -0.2) is 0 Å². The van der Waals surface area contributed by atoms with Gasteiger partial charge in [0.1, 0.15) is 24.2 Å². The van der Waals surface area contributed by atoms with E-state index in [1.165, 1.54) is 7.05 Å². The largest absolute Gasteiger partial charge is 0.481 e. The number of nitrogens with zero attached hydrogens (tertiary/aromatic N) is 2. The van der Waals surface area contributed by atoms with Crippen molar-refractivity contribution >= 4 is 69.0 Å². The molecule has 1 aliphatic rings. The highest BCUT2D eigenvalue weighted by molar-refractivity contribution is 8.77. The molecule has 1 aromatic rings. The second-order valence-corrected chi connectivity index (χ2v) is 14.1. The molecule has 47 heavy (non-hydrogen) atoms. The lowest BCUT2D eigenvalue weighted by Gasteiger charge is -2.33. The molecule has 6 amide bonds. The zero-order chi connectivity index (χ0) is 35.3. The number of guanidine groups is 1. The molecule has 1 aliphatic heterocycles. The standard InChI is InChI=1S/C28H41N9O8S2/c1-28(2)21(22(29)41)36-24(43)16(12-20(39)40)34-19(38)13-33-25(44)18(10-7-11-32-27(30)31)37(3)26(45)17(14-46-47-28)35-23(42)15-8-5-4-6-9-15/h4-6,8-9,16-18,21H,7,10-14H2,1-3H3,(H2,29,41)(H,33,44)(H,34,38)(H,35,42)(H,36,43)(H,39,40)(H4,30,31,32)/t16-,17-,18-,21-/m0/s1. The van der Waals surface area contributed by atoms with Crippen molar-refractivity contribution in [2.24, 2.45) is 22.2 Å². The number of aliphatic imine (C=N–C) groups is 1. The van der Waals surface area contributed by atoms with E-state index in [1.54, 1.807) is 44.2 Å². The van der Waals surface area contributed by atoms with Crippen LogP contribution in [0.2, 0.25) is 0 Å². The van der Waals surface area contributed by atoms with Crippen LogP contribution in [0.4, 0.5) is 0 Å². The SMILES string of the molecule is CN1C(=O)[C@@H](NC(=O)c2ccccc2)CSSC(C)(C)[C@H](C(N)=O)NC(=O)[C@H](CC(=O)O)NC(=O)CNC(=O)[C@@H]1CCCN=C(N)N. The number of amides is 6. The van der Waals surface area contributed by atoms with Gasteiger partial charge in [0.05, 0.1) is 13.0 Å². The number of carboxylic acids is 1. The minimum absolute atomic E-state index is 0.0424. The van der Waals surface area contributed by atoms with Gasteiger partial charge in [0.15, 0.2) is 5.96 Å². The lowest BCUT2D eigenvalue weighted by atomic mass is 10.0. The minimum atomic E-state index is -1.61. The maximum Gasteiger partial charge on any atom is 0.305 e. The monoisotopic (exact) mass is 695 g/mol. The average molecular weight is 696 g/mol. The maximum atomic E-state index is 13.9. The number of carbonyl (C=O) groups excluding carboxylic acids is 6. The number of hydrogen-bond donors (Lipinski definition) is 8. The fourth-order valence-electron chi connectivity index (χ4n) is 4.45. The van der Waals surface area contributed by atoms with E-state index in [0.29, 0.717) is 0 Å². The van der Waals surface area contributed by atoms with E-state index in [0.717, 1.165) is 26.5 Å². The predicted molar refractivity (Wildman–Crippen MR) is 177 cm³/mol. The number of likely N-dealkylation sites (N-methyl/N-ethyl adjacent to an activating group) is 1. The van der Waals surface area contributed by atoms with Crippen LogP contribution < -0.4 is 38.5 Å². The highest BCUT2D eigenvalue weighted by Gasteiger charge is 2.39. The van der Waals surface area contributed by atoms with Crippen LogP contribution in [0.15, 0.2) is 35.3 Å². The van der Waals surface area contributed by atoms with Crippen molar-refractivity contribution in [3.63, 3.8) is 0 Å². The summed E-state index contributed by atoms with van der Waals surface area (Å²) in [5, 5.41) is 19.2. The van der Waals surface area contributed by atoms with Crippen LogP contribution in [-0.2, 0) is 28.8 Å². The summed E-state index contributed by atoms with van der Waals surface area (Å²) in [4.78, 5) is 95.3. The molecule has 0 saturated carbocycles. The molecule has 11 N–H and O–H groups in total. The summed E-state index contributed by atoms with van der Waals surface area (Å²) in [7, 11) is 3.55. The molecule has 2 rings (SSSR count). The van der Waals surface area contributed by atoms with E-state index in [4.69, 9.17) is 17.2 Å². The van der Waals surface area contributed by atoms with E-state index in [-0.39, 0.29) is 36.7 Å². The number of carboxylic acid groups (broad SMARTS) is 1. The van der Waals surface area contributed by atoms with Crippen molar-refractivity contribution < 1.29 is 38.7 Å². The first kappa shape index (κ1) is 38.7. The molecule has 1 saturated heterocycles. The molecule has 0 radical (unpaired) electrons. The number of nitrogens with one attached hydrogen (secondary N) is 4.